The summed E-state index contributed by atoms with van der Waals surface area (Å²) in [6.07, 6.45) is 0. The zero-order valence-electron chi connectivity index (χ0n) is 34.0. The van der Waals surface area contributed by atoms with Crippen LogP contribution in [-0.2, 0) is 10.8 Å². The van der Waals surface area contributed by atoms with Gasteiger partial charge in [0.1, 0.15) is 22.9 Å². The zero-order chi connectivity index (χ0) is 40.0. The Hall–Kier alpha value is -6.78. The van der Waals surface area contributed by atoms with E-state index < -0.39 is 0 Å². The third-order valence-electron chi connectivity index (χ3n) is 10.7. The van der Waals surface area contributed by atoms with Crippen LogP contribution < -0.4 is 9.80 Å². The molecule has 0 unspecified atom stereocenters. The van der Waals surface area contributed by atoms with Crippen molar-refractivity contribution < 1.29 is 8.83 Å². The fourth-order valence-electron chi connectivity index (χ4n) is 8.24. The summed E-state index contributed by atoms with van der Waals surface area (Å²) in [7, 11) is 0. The first kappa shape index (κ1) is 36.8. The Kier molecular flexibility index (Phi) is 9.29. The van der Waals surface area contributed by atoms with Crippen molar-refractivity contribution in [3.8, 4) is 22.3 Å². The Morgan fingerprint density at radius 2 is 0.569 bits per heavy atom. The average molecular weight is 757 g/mol. The topological polar surface area (TPSA) is 32.8 Å². The summed E-state index contributed by atoms with van der Waals surface area (Å²) in [4.78, 5) is 4.73. The molecule has 0 aliphatic heterocycles. The van der Waals surface area contributed by atoms with Crippen LogP contribution in [0.3, 0.4) is 0 Å². The lowest BCUT2D eigenvalue weighted by Gasteiger charge is -2.30. The molecule has 0 N–H and O–H groups in total. The molecule has 4 heteroatoms. The molecule has 0 radical (unpaired) electrons. The monoisotopic (exact) mass is 756 g/mol. The van der Waals surface area contributed by atoms with Crippen LogP contribution in [0.1, 0.15) is 53.1 Å². The van der Waals surface area contributed by atoms with Crippen LogP contribution in [0.5, 0.6) is 0 Å². The van der Waals surface area contributed by atoms with Gasteiger partial charge >= 0.3 is 0 Å². The van der Waals surface area contributed by atoms with Gasteiger partial charge in [-0.15, -0.1) is 0 Å². The number of anilines is 6. The van der Waals surface area contributed by atoms with E-state index in [0.717, 1.165) is 89.8 Å². The van der Waals surface area contributed by atoms with Gasteiger partial charge in [-0.2, -0.15) is 0 Å². The standard InChI is InChI=1S/C54H48N2O2/c1-53(2,3)51-43(37-25-13-7-14-26-37)45-47(55(39-29-17-9-18-30-39)40-31-19-10-20-32-40)50-46(44(38-27-15-8-16-28-38)52(58-50)54(4,5)6)48(49(45)57-51)56(41-33-21-11-22-34-41)42-35-23-12-24-36-42/h7-36H,1-6H3. The van der Waals surface area contributed by atoms with Gasteiger partial charge in [-0.05, 0) is 59.7 Å². The molecule has 9 rings (SSSR count). The van der Waals surface area contributed by atoms with Crippen LogP contribution in [0.25, 0.3) is 44.2 Å². The van der Waals surface area contributed by atoms with Crippen molar-refractivity contribution in [2.75, 3.05) is 9.80 Å². The minimum atomic E-state index is -0.368. The van der Waals surface area contributed by atoms with Crippen LogP contribution >= 0.6 is 0 Å². The number of para-hydroxylation sites is 4. The number of benzene rings is 7. The predicted octanol–water partition coefficient (Wildman–Crippen LogP) is 16.0. The Labute approximate surface area is 341 Å². The van der Waals surface area contributed by atoms with Crippen LogP contribution in [0.4, 0.5) is 34.1 Å². The highest BCUT2D eigenvalue weighted by molar-refractivity contribution is 6.27. The van der Waals surface area contributed by atoms with Gasteiger partial charge in [-0.1, -0.05) is 175 Å². The first-order chi connectivity index (χ1) is 28.1. The van der Waals surface area contributed by atoms with Crippen molar-refractivity contribution in [2.45, 2.75) is 52.4 Å². The lowest BCUT2D eigenvalue weighted by atomic mass is 9.85. The smallest absolute Gasteiger partial charge is 0.162 e. The largest absolute Gasteiger partial charge is 0.458 e. The first-order valence-electron chi connectivity index (χ1n) is 20.1. The van der Waals surface area contributed by atoms with E-state index in [4.69, 9.17) is 8.83 Å². The minimum Gasteiger partial charge on any atom is -0.458 e. The molecule has 2 aromatic heterocycles. The highest BCUT2D eigenvalue weighted by atomic mass is 16.3. The molecular weight excluding hydrogens is 709 g/mol. The summed E-state index contributed by atoms with van der Waals surface area (Å²) in [6.45, 7) is 13.5. The molecule has 286 valence electrons. The van der Waals surface area contributed by atoms with Crippen molar-refractivity contribution >= 4 is 56.1 Å². The van der Waals surface area contributed by atoms with Gasteiger partial charge in [0.25, 0.3) is 0 Å². The SMILES string of the molecule is CC(C)(C)c1oc2c(N(c3ccccc3)c3ccccc3)c3c(-c4ccccc4)c(C(C)(C)C)oc3c(N(c3ccccc3)c3ccccc3)c2c1-c1ccccc1. The molecule has 0 saturated carbocycles. The third-order valence-corrected chi connectivity index (χ3v) is 10.7. The molecule has 7 aromatic carbocycles. The Bertz CT molecular complexity index is 2540. The molecule has 0 atom stereocenters. The van der Waals surface area contributed by atoms with Crippen molar-refractivity contribution in [1.29, 1.82) is 0 Å². The molecule has 0 bridgehead atoms. The maximum atomic E-state index is 7.62. The summed E-state index contributed by atoms with van der Waals surface area (Å²) < 4.78 is 15.2. The molecule has 0 aliphatic rings. The van der Waals surface area contributed by atoms with E-state index in [1.807, 2.05) is 0 Å². The highest BCUT2D eigenvalue weighted by Gasteiger charge is 2.39. The van der Waals surface area contributed by atoms with Gasteiger partial charge in [-0.25, -0.2) is 0 Å². The maximum Gasteiger partial charge on any atom is 0.162 e. The van der Waals surface area contributed by atoms with Crippen molar-refractivity contribution in [3.63, 3.8) is 0 Å². The number of rotatable bonds is 8. The van der Waals surface area contributed by atoms with Gasteiger partial charge in [-0.3, -0.25) is 0 Å². The third kappa shape index (κ3) is 6.45. The molecule has 2 heterocycles. The molecule has 0 spiro atoms. The number of nitrogens with zero attached hydrogens (tertiary/aromatic N) is 2. The van der Waals surface area contributed by atoms with E-state index in [1.165, 1.54) is 0 Å². The molecule has 0 fully saturated rings. The van der Waals surface area contributed by atoms with E-state index in [9.17, 15) is 0 Å². The van der Waals surface area contributed by atoms with Gasteiger partial charge < -0.3 is 18.6 Å². The summed E-state index contributed by atoms with van der Waals surface area (Å²) in [5.41, 5.74) is 11.0. The minimum absolute atomic E-state index is 0.368. The highest BCUT2D eigenvalue weighted by Crippen LogP contribution is 2.59. The Balaban J connectivity index is 1.62. The summed E-state index contributed by atoms with van der Waals surface area (Å²) in [6, 6.07) is 64.0. The number of fused-ring (bicyclic) bond motifs is 2. The number of hydrogen-bond donors (Lipinski definition) is 0. The van der Waals surface area contributed by atoms with Crippen LogP contribution in [0.2, 0.25) is 0 Å². The van der Waals surface area contributed by atoms with E-state index in [1.54, 1.807) is 0 Å². The maximum absolute atomic E-state index is 7.62. The van der Waals surface area contributed by atoms with Crippen molar-refractivity contribution in [1.82, 2.24) is 0 Å². The first-order valence-corrected chi connectivity index (χ1v) is 20.1. The second kappa shape index (κ2) is 14.6. The van der Waals surface area contributed by atoms with Gasteiger partial charge in [0.05, 0.1) is 10.8 Å². The van der Waals surface area contributed by atoms with Crippen LogP contribution in [-0.4, -0.2) is 0 Å². The molecule has 0 saturated heterocycles. The van der Waals surface area contributed by atoms with Gasteiger partial charge in [0.2, 0.25) is 0 Å². The summed E-state index contributed by atoms with van der Waals surface area (Å²) in [5, 5.41) is 1.97. The number of hydrogen-bond acceptors (Lipinski definition) is 4. The Morgan fingerprint density at radius 1 is 0.328 bits per heavy atom. The molecular formula is C54H48N2O2. The summed E-state index contributed by atoms with van der Waals surface area (Å²) >= 11 is 0. The second-order valence-corrected chi connectivity index (χ2v) is 17.0. The van der Waals surface area contributed by atoms with Crippen LogP contribution in [0.15, 0.2) is 191 Å². The van der Waals surface area contributed by atoms with Crippen LogP contribution in [0, 0.1) is 0 Å². The van der Waals surface area contributed by atoms with E-state index in [-0.39, 0.29) is 10.8 Å². The molecule has 9 aromatic rings. The molecule has 4 nitrogen and oxygen atoms in total. The normalized spacial score (nSPS) is 12.0. The summed E-state index contributed by atoms with van der Waals surface area (Å²) in [5.74, 6) is 1.81. The van der Waals surface area contributed by atoms with Crippen molar-refractivity contribution in [2.24, 2.45) is 0 Å². The average Bonchev–Trinajstić information content (AvgIpc) is 3.85. The predicted molar refractivity (Wildman–Crippen MR) is 244 cm³/mol. The Morgan fingerprint density at radius 3 is 0.810 bits per heavy atom. The zero-order valence-corrected chi connectivity index (χ0v) is 34.0. The van der Waals surface area contributed by atoms with E-state index in [2.05, 4.69) is 233 Å². The second-order valence-electron chi connectivity index (χ2n) is 17.0. The van der Waals surface area contributed by atoms with Gasteiger partial charge in [0.15, 0.2) is 11.2 Å². The fourth-order valence-corrected chi connectivity index (χ4v) is 8.24. The molecule has 58 heavy (non-hydrogen) atoms. The lowest BCUT2D eigenvalue weighted by Crippen LogP contribution is -2.14. The lowest BCUT2D eigenvalue weighted by molar-refractivity contribution is 0.432. The number of furan rings is 2. The van der Waals surface area contributed by atoms with E-state index in [0.29, 0.717) is 0 Å². The van der Waals surface area contributed by atoms with Crippen molar-refractivity contribution in [3.05, 3.63) is 194 Å². The van der Waals surface area contributed by atoms with E-state index >= 15 is 0 Å². The quantitative estimate of drug-likeness (QED) is 0.145. The molecule has 0 amide bonds. The fraction of sp³-hybridized carbons (Fsp3) is 0.148. The van der Waals surface area contributed by atoms with Gasteiger partial charge in [0, 0.05) is 44.7 Å². The molecule has 0 aliphatic carbocycles.